The number of methoxy groups -OCH3 is 1. The number of nitrogens with one attached hydrogen (secondary N) is 1. The Bertz CT molecular complexity index is 270. The number of rotatable bonds is 5. The van der Waals surface area contributed by atoms with Crippen molar-refractivity contribution in [2.45, 2.75) is 19.4 Å². The summed E-state index contributed by atoms with van der Waals surface area (Å²) in [6.07, 6.45) is 0.885. The van der Waals surface area contributed by atoms with Gasteiger partial charge in [0.15, 0.2) is 0 Å². The second-order valence-corrected chi connectivity index (χ2v) is 3.93. The van der Waals surface area contributed by atoms with Gasteiger partial charge in [-0.3, -0.25) is 14.5 Å². The van der Waals surface area contributed by atoms with Crippen LogP contribution in [0.1, 0.15) is 13.3 Å². The third-order valence-corrected chi connectivity index (χ3v) is 2.65. The van der Waals surface area contributed by atoms with Gasteiger partial charge in [0.05, 0.1) is 26.9 Å². The number of nitrogens with zero attached hydrogens (tertiary/aromatic N) is 1. The number of hydrogen-bond donors (Lipinski definition) is 1. The van der Waals surface area contributed by atoms with Crippen LogP contribution in [0, 0.1) is 0 Å². The molecule has 0 aromatic rings. The van der Waals surface area contributed by atoms with Gasteiger partial charge in [0.1, 0.15) is 6.04 Å². The molecule has 1 fully saturated rings. The van der Waals surface area contributed by atoms with E-state index in [9.17, 15) is 9.59 Å². The molecule has 1 atom stereocenters. The largest absolute Gasteiger partial charge is 0.468 e. The summed E-state index contributed by atoms with van der Waals surface area (Å²) in [4.78, 5) is 24.9. The Balaban J connectivity index is 2.52. The van der Waals surface area contributed by atoms with Gasteiger partial charge in [-0.05, 0) is 6.42 Å². The maximum Gasteiger partial charge on any atom is 0.319 e. The van der Waals surface area contributed by atoms with Crippen LogP contribution in [-0.4, -0.2) is 62.8 Å². The monoisotopic (exact) mass is 244 g/mol. The van der Waals surface area contributed by atoms with E-state index < -0.39 is 6.04 Å². The predicted molar refractivity (Wildman–Crippen MR) is 61.5 cm³/mol. The highest BCUT2D eigenvalue weighted by atomic mass is 16.5. The Morgan fingerprint density at radius 2 is 2.29 bits per heavy atom. The predicted octanol–water partition coefficient (Wildman–Crippen LogP) is -0.614. The van der Waals surface area contributed by atoms with Crippen LogP contribution in [0.4, 0.5) is 0 Å². The topological polar surface area (TPSA) is 67.9 Å². The van der Waals surface area contributed by atoms with E-state index in [1.165, 1.54) is 7.11 Å². The molecule has 1 heterocycles. The van der Waals surface area contributed by atoms with E-state index >= 15 is 0 Å². The molecule has 0 spiro atoms. The molecule has 17 heavy (non-hydrogen) atoms. The minimum Gasteiger partial charge on any atom is -0.468 e. The molecular formula is C11H20N2O4. The van der Waals surface area contributed by atoms with Crippen LogP contribution in [0.15, 0.2) is 0 Å². The van der Waals surface area contributed by atoms with Crippen molar-refractivity contribution in [2.24, 2.45) is 0 Å². The lowest BCUT2D eigenvalue weighted by molar-refractivity contribution is -0.146. The SMILES string of the molecule is CCCNC(=O)C1COCCN1CC(=O)OC. The van der Waals surface area contributed by atoms with Crippen molar-refractivity contribution in [2.75, 3.05) is 40.0 Å². The lowest BCUT2D eigenvalue weighted by atomic mass is 10.2. The lowest BCUT2D eigenvalue weighted by Crippen LogP contribution is -2.55. The lowest BCUT2D eigenvalue weighted by Gasteiger charge is -2.33. The van der Waals surface area contributed by atoms with Crippen LogP contribution in [0.5, 0.6) is 0 Å². The summed E-state index contributed by atoms with van der Waals surface area (Å²) in [5.74, 6) is -0.421. The molecular weight excluding hydrogens is 224 g/mol. The molecule has 0 aliphatic carbocycles. The van der Waals surface area contributed by atoms with Crippen molar-refractivity contribution < 1.29 is 19.1 Å². The number of carbonyl (C=O) groups excluding carboxylic acids is 2. The van der Waals surface area contributed by atoms with Crippen molar-refractivity contribution >= 4 is 11.9 Å². The number of esters is 1. The highest BCUT2D eigenvalue weighted by molar-refractivity contribution is 5.83. The van der Waals surface area contributed by atoms with E-state index in [0.717, 1.165) is 6.42 Å². The van der Waals surface area contributed by atoms with E-state index in [1.54, 1.807) is 4.90 Å². The fraction of sp³-hybridized carbons (Fsp3) is 0.818. The molecule has 0 saturated carbocycles. The van der Waals surface area contributed by atoms with Crippen LogP contribution >= 0.6 is 0 Å². The van der Waals surface area contributed by atoms with Crippen LogP contribution in [0.3, 0.4) is 0 Å². The molecule has 0 aromatic carbocycles. The Morgan fingerprint density at radius 3 is 2.94 bits per heavy atom. The van der Waals surface area contributed by atoms with Gasteiger partial charge in [-0.1, -0.05) is 6.92 Å². The highest BCUT2D eigenvalue weighted by Crippen LogP contribution is 2.07. The van der Waals surface area contributed by atoms with E-state index in [-0.39, 0.29) is 18.4 Å². The number of amides is 1. The van der Waals surface area contributed by atoms with Gasteiger partial charge < -0.3 is 14.8 Å². The Morgan fingerprint density at radius 1 is 1.53 bits per heavy atom. The molecule has 1 rings (SSSR count). The summed E-state index contributed by atoms with van der Waals surface area (Å²) in [7, 11) is 1.34. The molecule has 0 bridgehead atoms. The molecule has 6 nitrogen and oxygen atoms in total. The van der Waals surface area contributed by atoms with E-state index in [1.807, 2.05) is 6.92 Å². The normalized spacial score (nSPS) is 20.9. The number of hydrogen-bond acceptors (Lipinski definition) is 5. The standard InChI is InChI=1S/C11H20N2O4/c1-3-4-12-11(15)9-8-17-6-5-13(9)7-10(14)16-2/h9H,3-8H2,1-2H3,(H,12,15). The summed E-state index contributed by atoms with van der Waals surface area (Å²) >= 11 is 0. The fourth-order valence-corrected chi connectivity index (χ4v) is 1.67. The van der Waals surface area contributed by atoms with Gasteiger partial charge in [0, 0.05) is 13.1 Å². The molecule has 1 unspecified atom stereocenters. The van der Waals surface area contributed by atoms with E-state index in [4.69, 9.17) is 4.74 Å². The fourth-order valence-electron chi connectivity index (χ4n) is 1.67. The number of ether oxygens (including phenoxy) is 2. The molecule has 1 saturated heterocycles. The first-order valence-corrected chi connectivity index (χ1v) is 5.85. The molecule has 98 valence electrons. The number of carbonyl (C=O) groups is 2. The zero-order valence-electron chi connectivity index (χ0n) is 10.4. The quantitative estimate of drug-likeness (QED) is 0.653. The Hall–Kier alpha value is -1.14. The maximum atomic E-state index is 11.9. The summed E-state index contributed by atoms with van der Waals surface area (Å²) in [6, 6.07) is -0.394. The first-order valence-electron chi connectivity index (χ1n) is 5.85. The van der Waals surface area contributed by atoms with Crippen molar-refractivity contribution in [1.82, 2.24) is 10.2 Å². The van der Waals surface area contributed by atoms with Crippen LogP contribution < -0.4 is 5.32 Å². The van der Waals surface area contributed by atoms with Gasteiger partial charge >= 0.3 is 5.97 Å². The van der Waals surface area contributed by atoms with Gasteiger partial charge in [0.2, 0.25) is 5.91 Å². The van der Waals surface area contributed by atoms with Crippen molar-refractivity contribution in [1.29, 1.82) is 0 Å². The summed E-state index contributed by atoms with van der Waals surface area (Å²) in [5, 5.41) is 2.81. The van der Waals surface area contributed by atoms with E-state index in [2.05, 4.69) is 10.1 Å². The van der Waals surface area contributed by atoms with Crippen molar-refractivity contribution in [3.8, 4) is 0 Å². The second kappa shape index (κ2) is 7.24. The highest BCUT2D eigenvalue weighted by Gasteiger charge is 2.30. The smallest absolute Gasteiger partial charge is 0.319 e. The third-order valence-electron chi connectivity index (χ3n) is 2.65. The summed E-state index contributed by atoms with van der Waals surface area (Å²) in [6.45, 7) is 4.19. The maximum absolute atomic E-state index is 11.9. The minimum atomic E-state index is -0.394. The molecule has 6 heteroatoms. The molecule has 1 aliphatic rings. The summed E-state index contributed by atoms with van der Waals surface area (Å²) in [5.41, 5.74) is 0. The minimum absolute atomic E-state index is 0.0875. The molecule has 0 aromatic heterocycles. The molecule has 1 amide bonds. The third kappa shape index (κ3) is 4.32. The zero-order chi connectivity index (χ0) is 12.7. The van der Waals surface area contributed by atoms with Gasteiger partial charge in [-0.15, -0.1) is 0 Å². The van der Waals surface area contributed by atoms with Crippen molar-refractivity contribution in [3.05, 3.63) is 0 Å². The summed E-state index contributed by atoms with van der Waals surface area (Å²) < 4.78 is 9.88. The molecule has 1 N–H and O–H groups in total. The van der Waals surface area contributed by atoms with Gasteiger partial charge in [-0.25, -0.2) is 0 Å². The van der Waals surface area contributed by atoms with Crippen LogP contribution in [0.2, 0.25) is 0 Å². The van der Waals surface area contributed by atoms with Crippen molar-refractivity contribution in [3.63, 3.8) is 0 Å². The Labute approximate surface area is 101 Å². The van der Waals surface area contributed by atoms with Crippen LogP contribution in [0.25, 0.3) is 0 Å². The zero-order valence-corrected chi connectivity index (χ0v) is 10.4. The van der Waals surface area contributed by atoms with Gasteiger partial charge in [-0.2, -0.15) is 0 Å². The van der Waals surface area contributed by atoms with E-state index in [0.29, 0.717) is 26.3 Å². The average Bonchev–Trinajstić information content (AvgIpc) is 2.36. The second-order valence-electron chi connectivity index (χ2n) is 3.93. The first kappa shape index (κ1) is 13.9. The molecule has 1 aliphatic heterocycles. The average molecular weight is 244 g/mol. The van der Waals surface area contributed by atoms with Crippen LogP contribution in [-0.2, 0) is 19.1 Å². The number of morpholine rings is 1. The first-order chi connectivity index (χ1) is 8.19. The van der Waals surface area contributed by atoms with Gasteiger partial charge in [0.25, 0.3) is 0 Å². The Kier molecular flexibility index (Phi) is 5.93. The molecule has 0 radical (unpaired) electrons.